The zero-order valence-corrected chi connectivity index (χ0v) is 10.0. The Kier molecular flexibility index (Phi) is 4.99. The second-order valence-corrected chi connectivity index (χ2v) is 4.01. The first-order valence-corrected chi connectivity index (χ1v) is 5.67. The molecule has 3 nitrogen and oxygen atoms in total. The maximum Gasteiger partial charge on any atom is 0.221 e. The summed E-state index contributed by atoms with van der Waals surface area (Å²) in [6, 6.07) is 6.26. The molecule has 1 amide bonds. The Labute approximate surface area is 97.0 Å². The molecule has 16 heavy (non-hydrogen) atoms. The summed E-state index contributed by atoms with van der Waals surface area (Å²) in [4.78, 5) is 11.2. The minimum absolute atomic E-state index is 0.0359. The number of aryl methyl sites for hydroxylation is 2. The van der Waals surface area contributed by atoms with Crippen molar-refractivity contribution in [2.45, 2.75) is 26.7 Å². The second kappa shape index (κ2) is 6.28. The van der Waals surface area contributed by atoms with Crippen molar-refractivity contribution in [1.29, 1.82) is 0 Å². The highest BCUT2D eigenvalue weighted by Crippen LogP contribution is 2.13. The predicted octanol–water partition coefficient (Wildman–Crippen LogP) is 1.31. The maximum absolute atomic E-state index is 11.2. The fourth-order valence-corrected chi connectivity index (χ4v) is 1.79. The number of carbonyl (C=O) groups is 1. The summed E-state index contributed by atoms with van der Waals surface area (Å²) in [6.07, 6.45) is 1.29. The Morgan fingerprint density at radius 3 is 2.50 bits per heavy atom. The van der Waals surface area contributed by atoms with E-state index in [1.165, 1.54) is 16.7 Å². The van der Waals surface area contributed by atoms with Gasteiger partial charge in [0.1, 0.15) is 0 Å². The van der Waals surface area contributed by atoms with Crippen LogP contribution in [0.15, 0.2) is 18.2 Å². The van der Waals surface area contributed by atoms with E-state index in [1.807, 2.05) is 0 Å². The lowest BCUT2D eigenvalue weighted by Crippen LogP contribution is -2.27. The zero-order valence-electron chi connectivity index (χ0n) is 10.0. The Hall–Kier alpha value is -1.35. The van der Waals surface area contributed by atoms with Gasteiger partial charge >= 0.3 is 0 Å². The molecule has 1 aromatic carbocycles. The molecule has 0 atom stereocenters. The molecule has 0 heterocycles. The normalized spacial score (nSPS) is 10.2. The van der Waals surface area contributed by atoms with Crippen LogP contribution in [-0.4, -0.2) is 19.0 Å². The quantitative estimate of drug-likeness (QED) is 0.786. The van der Waals surface area contributed by atoms with Gasteiger partial charge in [-0.1, -0.05) is 18.2 Å². The average molecular weight is 220 g/mol. The lowest BCUT2D eigenvalue weighted by Gasteiger charge is -2.10. The largest absolute Gasteiger partial charge is 0.356 e. The Morgan fingerprint density at radius 2 is 1.94 bits per heavy atom. The Morgan fingerprint density at radius 1 is 1.31 bits per heavy atom. The fourth-order valence-electron chi connectivity index (χ4n) is 1.79. The summed E-state index contributed by atoms with van der Waals surface area (Å²) in [5.41, 5.74) is 9.20. The molecule has 0 aromatic heterocycles. The highest BCUT2D eigenvalue weighted by Gasteiger charge is 2.03. The van der Waals surface area contributed by atoms with Gasteiger partial charge in [-0.05, 0) is 37.0 Å². The monoisotopic (exact) mass is 220 g/mol. The van der Waals surface area contributed by atoms with E-state index in [9.17, 15) is 4.79 Å². The first-order valence-electron chi connectivity index (χ1n) is 5.67. The van der Waals surface area contributed by atoms with E-state index >= 15 is 0 Å². The summed E-state index contributed by atoms with van der Waals surface area (Å²) in [5, 5.41) is 2.87. The number of hydrogen-bond acceptors (Lipinski definition) is 2. The van der Waals surface area contributed by atoms with Crippen LogP contribution in [0.5, 0.6) is 0 Å². The number of amides is 1. The van der Waals surface area contributed by atoms with Crippen LogP contribution in [-0.2, 0) is 11.2 Å². The number of benzene rings is 1. The molecule has 0 saturated heterocycles. The van der Waals surface area contributed by atoms with E-state index in [-0.39, 0.29) is 5.91 Å². The number of nitrogens with two attached hydrogens (primary N) is 1. The van der Waals surface area contributed by atoms with E-state index in [2.05, 4.69) is 37.4 Å². The molecule has 0 spiro atoms. The van der Waals surface area contributed by atoms with Crippen LogP contribution in [0.2, 0.25) is 0 Å². The number of carbonyl (C=O) groups excluding carboxylic acids is 1. The zero-order chi connectivity index (χ0) is 12.0. The van der Waals surface area contributed by atoms with Crippen molar-refractivity contribution in [1.82, 2.24) is 5.32 Å². The van der Waals surface area contributed by atoms with Crippen LogP contribution in [0.25, 0.3) is 0 Å². The van der Waals surface area contributed by atoms with E-state index in [1.54, 1.807) is 0 Å². The molecular formula is C13H20N2O. The minimum atomic E-state index is 0.0359. The van der Waals surface area contributed by atoms with Crippen molar-refractivity contribution in [2.75, 3.05) is 13.1 Å². The highest BCUT2D eigenvalue weighted by atomic mass is 16.1. The third kappa shape index (κ3) is 3.66. The molecule has 3 heteroatoms. The van der Waals surface area contributed by atoms with Gasteiger partial charge in [-0.3, -0.25) is 4.79 Å². The van der Waals surface area contributed by atoms with Crippen LogP contribution in [0.3, 0.4) is 0 Å². The molecule has 0 aliphatic rings. The average Bonchev–Trinajstić information content (AvgIpc) is 2.23. The van der Waals surface area contributed by atoms with Gasteiger partial charge in [0.05, 0.1) is 0 Å². The van der Waals surface area contributed by atoms with E-state index < -0.39 is 0 Å². The Balaban J connectivity index is 2.46. The van der Waals surface area contributed by atoms with Crippen molar-refractivity contribution < 1.29 is 4.79 Å². The maximum atomic E-state index is 11.2. The van der Waals surface area contributed by atoms with Gasteiger partial charge in [0.25, 0.3) is 0 Å². The summed E-state index contributed by atoms with van der Waals surface area (Å²) in [7, 11) is 0. The van der Waals surface area contributed by atoms with Crippen molar-refractivity contribution in [3.8, 4) is 0 Å². The fraction of sp³-hybridized carbons (Fsp3) is 0.462. The number of nitrogens with one attached hydrogen (secondary N) is 1. The first kappa shape index (κ1) is 12.7. The number of hydrogen-bond donors (Lipinski definition) is 2. The lowest BCUT2D eigenvalue weighted by molar-refractivity contribution is -0.120. The summed E-state index contributed by atoms with van der Waals surface area (Å²) in [6.45, 7) is 5.30. The third-order valence-corrected chi connectivity index (χ3v) is 2.71. The van der Waals surface area contributed by atoms with E-state index in [0.29, 0.717) is 19.5 Å². The molecule has 0 radical (unpaired) electrons. The standard InChI is InChI=1S/C13H20N2O/c1-10-4-3-5-11(2)12(10)7-9-15-13(16)6-8-14/h3-5H,6-9,14H2,1-2H3,(H,15,16). The van der Waals surface area contributed by atoms with Gasteiger partial charge in [-0.15, -0.1) is 0 Å². The Bertz CT molecular complexity index is 341. The molecule has 0 bridgehead atoms. The third-order valence-electron chi connectivity index (χ3n) is 2.71. The lowest BCUT2D eigenvalue weighted by atomic mass is 10.0. The molecule has 1 aromatic rings. The summed E-state index contributed by atoms with van der Waals surface area (Å²) in [5.74, 6) is 0.0359. The van der Waals surface area contributed by atoms with Crippen molar-refractivity contribution in [3.05, 3.63) is 34.9 Å². The molecule has 0 aliphatic heterocycles. The van der Waals surface area contributed by atoms with E-state index in [4.69, 9.17) is 5.73 Å². The highest BCUT2D eigenvalue weighted by molar-refractivity contribution is 5.76. The molecule has 1 rings (SSSR count). The summed E-state index contributed by atoms with van der Waals surface area (Å²) >= 11 is 0. The molecule has 0 fully saturated rings. The molecule has 0 aliphatic carbocycles. The molecule has 0 saturated carbocycles. The van der Waals surface area contributed by atoms with Crippen LogP contribution < -0.4 is 11.1 Å². The van der Waals surface area contributed by atoms with Gasteiger partial charge in [0, 0.05) is 19.5 Å². The van der Waals surface area contributed by atoms with Crippen molar-refractivity contribution in [3.63, 3.8) is 0 Å². The molecule has 3 N–H and O–H groups in total. The van der Waals surface area contributed by atoms with Gasteiger partial charge < -0.3 is 11.1 Å². The van der Waals surface area contributed by atoms with Crippen LogP contribution >= 0.6 is 0 Å². The van der Waals surface area contributed by atoms with Gasteiger partial charge in [-0.2, -0.15) is 0 Å². The predicted molar refractivity (Wildman–Crippen MR) is 66.3 cm³/mol. The van der Waals surface area contributed by atoms with Crippen LogP contribution in [0.4, 0.5) is 0 Å². The molecule has 88 valence electrons. The molecule has 0 unspecified atom stereocenters. The van der Waals surface area contributed by atoms with Crippen molar-refractivity contribution in [2.24, 2.45) is 5.73 Å². The molecular weight excluding hydrogens is 200 g/mol. The van der Waals surface area contributed by atoms with Gasteiger partial charge in [-0.25, -0.2) is 0 Å². The second-order valence-electron chi connectivity index (χ2n) is 4.01. The van der Waals surface area contributed by atoms with Crippen LogP contribution in [0, 0.1) is 13.8 Å². The van der Waals surface area contributed by atoms with E-state index in [0.717, 1.165) is 6.42 Å². The minimum Gasteiger partial charge on any atom is -0.356 e. The smallest absolute Gasteiger partial charge is 0.221 e. The van der Waals surface area contributed by atoms with Gasteiger partial charge in [0.2, 0.25) is 5.91 Å². The van der Waals surface area contributed by atoms with Crippen LogP contribution in [0.1, 0.15) is 23.1 Å². The van der Waals surface area contributed by atoms with Crippen molar-refractivity contribution >= 4 is 5.91 Å². The number of rotatable bonds is 5. The topological polar surface area (TPSA) is 55.1 Å². The first-order chi connectivity index (χ1) is 7.65. The SMILES string of the molecule is Cc1cccc(C)c1CCNC(=O)CCN. The summed E-state index contributed by atoms with van der Waals surface area (Å²) < 4.78 is 0. The van der Waals surface area contributed by atoms with Gasteiger partial charge in [0.15, 0.2) is 0 Å².